The number of likely N-dealkylation sites (N-methyl/N-ethyl adjacent to an activating group) is 1. The first-order valence-electron chi connectivity index (χ1n) is 7.04. The molecule has 2 heterocycles. The number of anilines is 1. The molecule has 1 aromatic heterocycles. The summed E-state index contributed by atoms with van der Waals surface area (Å²) in [6.45, 7) is 3.45. The van der Waals surface area contributed by atoms with Crippen LogP contribution in [0, 0.1) is 0 Å². The number of nitrogens with zero attached hydrogens (tertiary/aromatic N) is 4. The van der Waals surface area contributed by atoms with Gasteiger partial charge < -0.3 is 15.5 Å². The lowest BCUT2D eigenvalue weighted by atomic mass is 10.3. The standard InChI is InChI=1S/C14H21N5OS2/c1-18-5-7-19(8-6-18)13(20)4-3-9-22-14-16-11(15)10-12(17-14)21-2/h3-4,10H,5-9H2,1-2H3,(H2,15,16,17)/b4-3+. The quantitative estimate of drug-likeness (QED) is 0.374. The van der Waals surface area contributed by atoms with E-state index in [1.807, 2.05) is 17.2 Å². The Morgan fingerprint density at radius 3 is 2.77 bits per heavy atom. The van der Waals surface area contributed by atoms with E-state index in [1.165, 1.54) is 23.5 Å². The molecule has 6 nitrogen and oxygen atoms in total. The Labute approximate surface area is 139 Å². The minimum Gasteiger partial charge on any atom is -0.384 e. The van der Waals surface area contributed by atoms with E-state index in [9.17, 15) is 4.79 Å². The molecule has 0 bridgehead atoms. The maximum Gasteiger partial charge on any atom is 0.246 e. The molecule has 8 heteroatoms. The topological polar surface area (TPSA) is 75.3 Å². The van der Waals surface area contributed by atoms with Gasteiger partial charge in [0, 0.05) is 38.0 Å². The van der Waals surface area contributed by atoms with Crippen molar-refractivity contribution >= 4 is 35.2 Å². The van der Waals surface area contributed by atoms with E-state index in [4.69, 9.17) is 5.73 Å². The SMILES string of the molecule is CSc1cc(N)nc(SC/C=C/C(=O)N2CCN(C)CC2)n1. The van der Waals surface area contributed by atoms with Gasteiger partial charge in [-0.25, -0.2) is 9.97 Å². The van der Waals surface area contributed by atoms with E-state index in [0.717, 1.165) is 31.2 Å². The van der Waals surface area contributed by atoms with E-state index in [0.29, 0.717) is 16.7 Å². The van der Waals surface area contributed by atoms with Gasteiger partial charge in [0.1, 0.15) is 10.8 Å². The average molecular weight is 339 g/mol. The highest BCUT2D eigenvalue weighted by Gasteiger charge is 2.16. The second kappa shape index (κ2) is 8.40. The van der Waals surface area contributed by atoms with Crippen LogP contribution in [0.25, 0.3) is 0 Å². The second-order valence-corrected chi connectivity index (χ2v) is 6.77. The molecule has 1 fully saturated rings. The summed E-state index contributed by atoms with van der Waals surface area (Å²) in [5.74, 6) is 1.20. The van der Waals surface area contributed by atoms with Gasteiger partial charge in [-0.15, -0.1) is 11.8 Å². The van der Waals surface area contributed by atoms with Crippen molar-refractivity contribution in [2.45, 2.75) is 10.2 Å². The number of rotatable bonds is 5. The van der Waals surface area contributed by atoms with Crippen molar-refractivity contribution in [3.63, 3.8) is 0 Å². The third-order valence-electron chi connectivity index (χ3n) is 3.30. The molecule has 0 aromatic carbocycles. The maximum atomic E-state index is 12.0. The van der Waals surface area contributed by atoms with Crippen molar-refractivity contribution in [3.05, 3.63) is 18.2 Å². The first-order chi connectivity index (χ1) is 10.6. The predicted molar refractivity (Wildman–Crippen MR) is 92.2 cm³/mol. The number of piperazine rings is 1. The molecule has 1 amide bonds. The van der Waals surface area contributed by atoms with Crippen molar-refractivity contribution in [2.24, 2.45) is 0 Å². The van der Waals surface area contributed by atoms with E-state index in [2.05, 4.69) is 21.9 Å². The van der Waals surface area contributed by atoms with Gasteiger partial charge in [0.25, 0.3) is 0 Å². The van der Waals surface area contributed by atoms with Crippen LogP contribution in [0.3, 0.4) is 0 Å². The third kappa shape index (κ3) is 5.19. The lowest BCUT2D eigenvalue weighted by molar-refractivity contribution is -0.127. The lowest BCUT2D eigenvalue weighted by Crippen LogP contribution is -2.46. The van der Waals surface area contributed by atoms with Gasteiger partial charge in [0.2, 0.25) is 5.91 Å². The van der Waals surface area contributed by atoms with Crippen LogP contribution in [-0.4, -0.2) is 70.9 Å². The van der Waals surface area contributed by atoms with Gasteiger partial charge in [0.05, 0.1) is 0 Å². The molecule has 120 valence electrons. The Bertz CT molecular complexity index is 544. The van der Waals surface area contributed by atoms with Crippen LogP contribution < -0.4 is 5.73 Å². The summed E-state index contributed by atoms with van der Waals surface area (Å²) in [5, 5.41) is 1.49. The summed E-state index contributed by atoms with van der Waals surface area (Å²) in [5.41, 5.74) is 5.74. The molecule has 0 radical (unpaired) electrons. The molecule has 0 spiro atoms. The highest BCUT2D eigenvalue weighted by molar-refractivity contribution is 7.99. The molecule has 0 saturated carbocycles. The fourth-order valence-electron chi connectivity index (χ4n) is 1.99. The molecule has 1 aliphatic rings. The van der Waals surface area contributed by atoms with Gasteiger partial charge >= 0.3 is 0 Å². The zero-order valence-electron chi connectivity index (χ0n) is 12.9. The maximum absolute atomic E-state index is 12.0. The van der Waals surface area contributed by atoms with Crippen molar-refractivity contribution in [1.82, 2.24) is 19.8 Å². The fraction of sp³-hybridized carbons (Fsp3) is 0.500. The Morgan fingerprint density at radius 2 is 2.09 bits per heavy atom. The predicted octanol–water partition coefficient (Wildman–Crippen LogP) is 1.20. The Morgan fingerprint density at radius 1 is 1.36 bits per heavy atom. The zero-order chi connectivity index (χ0) is 15.9. The Hall–Kier alpha value is -1.25. The largest absolute Gasteiger partial charge is 0.384 e. The minimum atomic E-state index is 0.0759. The van der Waals surface area contributed by atoms with Gasteiger partial charge in [0.15, 0.2) is 5.16 Å². The first-order valence-corrected chi connectivity index (χ1v) is 9.25. The number of hydrogen-bond donors (Lipinski definition) is 1. The van der Waals surface area contributed by atoms with Crippen LogP contribution in [0.1, 0.15) is 0 Å². The minimum absolute atomic E-state index is 0.0759. The van der Waals surface area contributed by atoms with E-state index < -0.39 is 0 Å². The number of thioether (sulfide) groups is 2. The Kier molecular flexibility index (Phi) is 6.53. The number of hydrogen-bond acceptors (Lipinski definition) is 7. The van der Waals surface area contributed by atoms with Gasteiger partial charge in [-0.05, 0) is 19.4 Å². The van der Waals surface area contributed by atoms with E-state index >= 15 is 0 Å². The molecule has 1 saturated heterocycles. The fourth-order valence-corrected chi connectivity index (χ4v) is 3.14. The molecular formula is C14H21N5OS2. The van der Waals surface area contributed by atoms with Crippen LogP contribution in [0.5, 0.6) is 0 Å². The van der Waals surface area contributed by atoms with Crippen LogP contribution in [0.4, 0.5) is 5.82 Å². The summed E-state index contributed by atoms with van der Waals surface area (Å²) in [6.07, 6.45) is 5.45. The summed E-state index contributed by atoms with van der Waals surface area (Å²) in [4.78, 5) is 24.7. The average Bonchev–Trinajstić information content (AvgIpc) is 2.51. The van der Waals surface area contributed by atoms with Gasteiger partial charge in [-0.1, -0.05) is 17.8 Å². The smallest absolute Gasteiger partial charge is 0.246 e. The molecular weight excluding hydrogens is 318 g/mol. The number of nitrogen functional groups attached to an aromatic ring is 1. The summed E-state index contributed by atoms with van der Waals surface area (Å²) < 4.78 is 0. The number of carbonyl (C=O) groups excluding carboxylic acids is 1. The van der Waals surface area contributed by atoms with Crippen molar-refractivity contribution < 1.29 is 4.79 Å². The van der Waals surface area contributed by atoms with E-state index in [1.54, 1.807) is 12.1 Å². The van der Waals surface area contributed by atoms with Crippen molar-refractivity contribution in [3.8, 4) is 0 Å². The number of carbonyl (C=O) groups is 1. The molecule has 0 unspecified atom stereocenters. The lowest BCUT2D eigenvalue weighted by Gasteiger charge is -2.31. The van der Waals surface area contributed by atoms with Gasteiger partial charge in [-0.3, -0.25) is 4.79 Å². The van der Waals surface area contributed by atoms with Crippen LogP contribution in [0.2, 0.25) is 0 Å². The van der Waals surface area contributed by atoms with Crippen LogP contribution >= 0.6 is 23.5 Å². The second-order valence-electron chi connectivity index (χ2n) is 4.96. The molecule has 0 atom stereocenters. The monoisotopic (exact) mass is 339 g/mol. The Balaban J connectivity index is 1.80. The molecule has 1 aliphatic heterocycles. The molecule has 22 heavy (non-hydrogen) atoms. The van der Waals surface area contributed by atoms with Crippen LogP contribution in [0.15, 0.2) is 28.4 Å². The molecule has 2 N–H and O–H groups in total. The molecule has 2 rings (SSSR count). The number of nitrogens with two attached hydrogens (primary N) is 1. The highest BCUT2D eigenvalue weighted by Crippen LogP contribution is 2.20. The number of amides is 1. The molecule has 0 aliphatic carbocycles. The normalized spacial score (nSPS) is 16.4. The van der Waals surface area contributed by atoms with Crippen molar-refractivity contribution in [2.75, 3.05) is 51.0 Å². The third-order valence-corrected chi connectivity index (χ3v) is 4.72. The molecule has 1 aromatic rings. The van der Waals surface area contributed by atoms with Crippen LogP contribution in [-0.2, 0) is 4.79 Å². The highest BCUT2D eigenvalue weighted by atomic mass is 32.2. The zero-order valence-corrected chi connectivity index (χ0v) is 14.5. The summed E-state index contributed by atoms with van der Waals surface area (Å²) in [7, 11) is 2.07. The first kappa shape index (κ1) is 17.1. The van der Waals surface area contributed by atoms with Gasteiger partial charge in [-0.2, -0.15) is 0 Å². The van der Waals surface area contributed by atoms with E-state index in [-0.39, 0.29) is 5.91 Å². The van der Waals surface area contributed by atoms with Crippen molar-refractivity contribution in [1.29, 1.82) is 0 Å². The number of aromatic nitrogens is 2. The summed E-state index contributed by atoms with van der Waals surface area (Å²) in [6, 6.07) is 1.75. The summed E-state index contributed by atoms with van der Waals surface area (Å²) >= 11 is 3.00.